The van der Waals surface area contributed by atoms with E-state index >= 15 is 0 Å². The van der Waals surface area contributed by atoms with E-state index in [1.165, 1.54) is 19.1 Å². The van der Waals surface area contributed by atoms with Crippen molar-refractivity contribution < 1.29 is 13.2 Å². The summed E-state index contributed by atoms with van der Waals surface area (Å²) in [5.41, 5.74) is 1.19. The Morgan fingerprint density at radius 3 is 2.63 bits per heavy atom. The number of benzene rings is 1. The molecule has 19 heavy (non-hydrogen) atoms. The van der Waals surface area contributed by atoms with Gasteiger partial charge in [0.15, 0.2) is 9.84 Å². The Bertz CT molecular complexity index is 560. The van der Waals surface area contributed by atoms with E-state index in [9.17, 15) is 13.2 Å². The van der Waals surface area contributed by atoms with Crippen LogP contribution in [0.3, 0.4) is 0 Å². The molecule has 0 bridgehead atoms. The van der Waals surface area contributed by atoms with Crippen molar-refractivity contribution >= 4 is 15.7 Å². The van der Waals surface area contributed by atoms with Crippen molar-refractivity contribution in [2.24, 2.45) is 0 Å². The number of rotatable bonds is 4. The molecule has 1 saturated carbocycles. The van der Waals surface area contributed by atoms with Crippen molar-refractivity contribution in [1.29, 1.82) is 0 Å². The highest BCUT2D eigenvalue weighted by atomic mass is 32.2. The third-order valence-electron chi connectivity index (χ3n) is 3.31. The van der Waals surface area contributed by atoms with Crippen LogP contribution < -0.4 is 5.32 Å². The van der Waals surface area contributed by atoms with E-state index in [1.807, 2.05) is 0 Å². The monoisotopic (exact) mass is 281 g/mol. The second-order valence-electron chi connectivity index (χ2n) is 5.23. The molecule has 0 atom stereocenters. The standard InChI is InChI=1S/C14H19NO3S/c1-19(17,18)10-11-5-4-6-12(9-11)14(16)15-13-7-2-3-8-13/h4-6,9,13H,2-3,7-8,10H2,1H3,(H,15,16). The lowest BCUT2D eigenvalue weighted by Crippen LogP contribution is -2.32. The van der Waals surface area contributed by atoms with E-state index in [1.54, 1.807) is 24.3 Å². The number of hydrogen-bond donors (Lipinski definition) is 1. The highest BCUT2D eigenvalue weighted by Crippen LogP contribution is 2.18. The van der Waals surface area contributed by atoms with Gasteiger partial charge in [0.25, 0.3) is 5.91 Å². The molecule has 0 radical (unpaired) electrons. The first kappa shape index (κ1) is 14.1. The molecule has 1 N–H and O–H groups in total. The van der Waals surface area contributed by atoms with Crippen molar-refractivity contribution in [3.63, 3.8) is 0 Å². The van der Waals surface area contributed by atoms with E-state index in [-0.39, 0.29) is 17.7 Å². The molecular weight excluding hydrogens is 262 g/mol. The van der Waals surface area contributed by atoms with Crippen LogP contribution in [0.5, 0.6) is 0 Å². The predicted molar refractivity (Wildman–Crippen MR) is 74.7 cm³/mol. The summed E-state index contributed by atoms with van der Waals surface area (Å²) in [7, 11) is -3.07. The summed E-state index contributed by atoms with van der Waals surface area (Å²) >= 11 is 0. The molecule has 1 aromatic rings. The third kappa shape index (κ3) is 4.35. The zero-order valence-electron chi connectivity index (χ0n) is 11.1. The van der Waals surface area contributed by atoms with Crippen LogP contribution in [0, 0.1) is 0 Å². The third-order valence-corrected chi connectivity index (χ3v) is 4.17. The van der Waals surface area contributed by atoms with E-state index < -0.39 is 9.84 Å². The fourth-order valence-corrected chi connectivity index (χ4v) is 3.23. The molecule has 0 aliphatic heterocycles. The first-order chi connectivity index (χ1) is 8.94. The van der Waals surface area contributed by atoms with Crippen LogP contribution in [0.25, 0.3) is 0 Å². The second kappa shape index (κ2) is 5.74. The van der Waals surface area contributed by atoms with Gasteiger partial charge in [0, 0.05) is 17.9 Å². The fourth-order valence-electron chi connectivity index (χ4n) is 2.44. The average Bonchev–Trinajstić information content (AvgIpc) is 2.80. The van der Waals surface area contributed by atoms with Crippen molar-refractivity contribution in [3.05, 3.63) is 35.4 Å². The molecule has 0 saturated heterocycles. The first-order valence-electron chi connectivity index (χ1n) is 6.51. The molecule has 1 aliphatic rings. The largest absolute Gasteiger partial charge is 0.349 e. The minimum Gasteiger partial charge on any atom is -0.349 e. The number of sulfone groups is 1. The number of carbonyl (C=O) groups excluding carboxylic acids is 1. The number of nitrogens with one attached hydrogen (secondary N) is 1. The van der Waals surface area contributed by atoms with Crippen molar-refractivity contribution in [2.75, 3.05) is 6.26 Å². The van der Waals surface area contributed by atoms with Crippen LogP contribution in [0.1, 0.15) is 41.6 Å². The number of hydrogen-bond acceptors (Lipinski definition) is 3. The Morgan fingerprint density at radius 2 is 2.00 bits per heavy atom. The van der Waals surface area contributed by atoms with Gasteiger partial charge in [0.2, 0.25) is 0 Å². The molecule has 1 aliphatic carbocycles. The fraction of sp³-hybridized carbons (Fsp3) is 0.500. The first-order valence-corrected chi connectivity index (χ1v) is 8.57. The second-order valence-corrected chi connectivity index (χ2v) is 7.37. The molecular formula is C14H19NO3S. The topological polar surface area (TPSA) is 63.2 Å². The lowest BCUT2D eigenvalue weighted by molar-refractivity contribution is 0.0937. The quantitative estimate of drug-likeness (QED) is 0.917. The summed E-state index contributed by atoms with van der Waals surface area (Å²) in [6, 6.07) is 7.10. The summed E-state index contributed by atoms with van der Waals surface area (Å²) in [5.74, 6) is -0.139. The molecule has 0 unspecified atom stereocenters. The van der Waals surface area contributed by atoms with Crippen LogP contribution >= 0.6 is 0 Å². The van der Waals surface area contributed by atoms with Gasteiger partial charge in [0.1, 0.15) is 0 Å². The smallest absolute Gasteiger partial charge is 0.251 e. The summed E-state index contributed by atoms with van der Waals surface area (Å²) in [6.45, 7) is 0. The molecule has 0 heterocycles. The Balaban J connectivity index is 2.07. The molecule has 1 amide bonds. The van der Waals surface area contributed by atoms with Crippen LogP contribution in [-0.2, 0) is 15.6 Å². The summed E-state index contributed by atoms with van der Waals surface area (Å²) in [5, 5.41) is 3.00. The van der Waals surface area contributed by atoms with E-state index in [2.05, 4.69) is 5.32 Å². The minimum atomic E-state index is -3.07. The summed E-state index contributed by atoms with van der Waals surface area (Å²) < 4.78 is 22.5. The zero-order valence-corrected chi connectivity index (χ0v) is 11.9. The maximum atomic E-state index is 12.1. The lowest BCUT2D eigenvalue weighted by Gasteiger charge is -2.12. The van der Waals surface area contributed by atoms with Gasteiger partial charge in [-0.2, -0.15) is 0 Å². The van der Waals surface area contributed by atoms with Gasteiger partial charge in [-0.25, -0.2) is 8.42 Å². The van der Waals surface area contributed by atoms with E-state index in [4.69, 9.17) is 0 Å². The normalized spacial score (nSPS) is 16.5. The Morgan fingerprint density at radius 1 is 1.32 bits per heavy atom. The van der Waals surface area contributed by atoms with Gasteiger partial charge >= 0.3 is 0 Å². The van der Waals surface area contributed by atoms with Crippen molar-refractivity contribution in [1.82, 2.24) is 5.32 Å². The van der Waals surface area contributed by atoms with Crippen LogP contribution in [0.2, 0.25) is 0 Å². The Hall–Kier alpha value is -1.36. The minimum absolute atomic E-state index is 0.0302. The maximum absolute atomic E-state index is 12.1. The average molecular weight is 281 g/mol. The molecule has 104 valence electrons. The number of amides is 1. The predicted octanol–water partition coefficient (Wildman–Crippen LogP) is 1.90. The van der Waals surface area contributed by atoms with Crippen LogP contribution in [0.15, 0.2) is 24.3 Å². The van der Waals surface area contributed by atoms with Gasteiger partial charge in [-0.3, -0.25) is 4.79 Å². The van der Waals surface area contributed by atoms with Gasteiger partial charge in [-0.15, -0.1) is 0 Å². The van der Waals surface area contributed by atoms with Gasteiger partial charge in [0.05, 0.1) is 5.75 Å². The lowest BCUT2D eigenvalue weighted by atomic mass is 10.1. The van der Waals surface area contributed by atoms with E-state index in [0.717, 1.165) is 12.8 Å². The molecule has 0 spiro atoms. The maximum Gasteiger partial charge on any atom is 0.251 e. The van der Waals surface area contributed by atoms with Gasteiger partial charge in [-0.05, 0) is 30.5 Å². The van der Waals surface area contributed by atoms with Crippen molar-refractivity contribution in [2.45, 2.75) is 37.5 Å². The molecule has 4 nitrogen and oxygen atoms in total. The van der Waals surface area contributed by atoms with Gasteiger partial charge in [-0.1, -0.05) is 25.0 Å². The highest BCUT2D eigenvalue weighted by Gasteiger charge is 2.18. The van der Waals surface area contributed by atoms with Gasteiger partial charge < -0.3 is 5.32 Å². The molecule has 0 aromatic heterocycles. The molecule has 2 rings (SSSR count). The zero-order chi connectivity index (χ0) is 13.9. The SMILES string of the molecule is CS(=O)(=O)Cc1cccc(C(=O)NC2CCCC2)c1. The molecule has 1 aromatic carbocycles. The van der Waals surface area contributed by atoms with E-state index in [0.29, 0.717) is 11.1 Å². The Labute approximate surface area is 114 Å². The molecule has 5 heteroatoms. The number of carbonyl (C=O) groups is 1. The van der Waals surface area contributed by atoms with Crippen molar-refractivity contribution in [3.8, 4) is 0 Å². The highest BCUT2D eigenvalue weighted by molar-refractivity contribution is 7.89. The summed E-state index contributed by atoms with van der Waals surface area (Å²) in [4.78, 5) is 12.1. The summed E-state index contributed by atoms with van der Waals surface area (Å²) in [6.07, 6.45) is 5.60. The Kier molecular flexibility index (Phi) is 4.24. The van der Waals surface area contributed by atoms with Crippen LogP contribution in [-0.4, -0.2) is 26.6 Å². The molecule has 1 fully saturated rings. The van der Waals surface area contributed by atoms with Crippen LogP contribution in [0.4, 0.5) is 0 Å².